The van der Waals surface area contributed by atoms with E-state index in [0.29, 0.717) is 19.5 Å². The quantitative estimate of drug-likeness (QED) is 0.828. The number of nitrogens with one attached hydrogen (secondary N) is 1. The number of likely N-dealkylation sites (tertiary alicyclic amines) is 1. The fourth-order valence-corrected chi connectivity index (χ4v) is 2.63. The Morgan fingerprint density at radius 1 is 1.45 bits per heavy atom. The number of aliphatic hydroxyl groups excluding tert-OH is 1. The molecule has 0 radical (unpaired) electrons. The van der Waals surface area contributed by atoms with Gasteiger partial charge in [-0.2, -0.15) is 0 Å². The third-order valence-electron chi connectivity index (χ3n) is 3.80. The molecule has 0 aromatic carbocycles. The van der Waals surface area contributed by atoms with E-state index in [0.717, 1.165) is 13.0 Å². The van der Waals surface area contributed by atoms with Crippen LogP contribution in [0, 0.1) is 11.3 Å². The van der Waals surface area contributed by atoms with Crippen LogP contribution in [0.25, 0.3) is 0 Å². The Labute approximate surface area is 122 Å². The Morgan fingerprint density at radius 2 is 2.10 bits per heavy atom. The second-order valence-corrected chi connectivity index (χ2v) is 6.98. The van der Waals surface area contributed by atoms with E-state index in [2.05, 4.69) is 26.1 Å². The van der Waals surface area contributed by atoms with Crippen molar-refractivity contribution in [3.8, 4) is 0 Å². The van der Waals surface area contributed by atoms with E-state index in [9.17, 15) is 9.90 Å². The zero-order chi connectivity index (χ0) is 15.3. The Kier molecular flexibility index (Phi) is 6.27. The standard InChI is InChI=1S/C15H30N2O3/c1-6-13(18)11-7-12(16-10-15(2,3)4)9-17(8-11)14(19)20-5/h11-13,16,18H,6-10H2,1-5H3. The van der Waals surface area contributed by atoms with Gasteiger partial charge in [0, 0.05) is 31.6 Å². The molecule has 1 heterocycles. The molecule has 0 spiro atoms. The number of nitrogens with zero attached hydrogens (tertiary/aromatic N) is 1. The minimum absolute atomic E-state index is 0.116. The van der Waals surface area contributed by atoms with Crippen molar-refractivity contribution in [2.75, 3.05) is 26.7 Å². The SMILES string of the molecule is CCC(O)C1CC(NCC(C)(C)C)CN(C(=O)OC)C1. The molecule has 1 rings (SSSR count). The Balaban J connectivity index is 2.66. The molecule has 20 heavy (non-hydrogen) atoms. The maximum absolute atomic E-state index is 11.8. The second-order valence-electron chi connectivity index (χ2n) is 6.98. The van der Waals surface area contributed by atoms with Crippen LogP contribution in [0.1, 0.15) is 40.5 Å². The van der Waals surface area contributed by atoms with Crippen LogP contribution < -0.4 is 5.32 Å². The molecule has 1 aliphatic rings. The van der Waals surface area contributed by atoms with Crippen LogP contribution in [0.5, 0.6) is 0 Å². The number of aliphatic hydroxyl groups is 1. The van der Waals surface area contributed by atoms with E-state index < -0.39 is 0 Å². The fourth-order valence-electron chi connectivity index (χ4n) is 2.63. The molecule has 0 aromatic heterocycles. The van der Waals surface area contributed by atoms with Gasteiger partial charge in [0.2, 0.25) is 0 Å². The lowest BCUT2D eigenvalue weighted by Gasteiger charge is -2.40. The van der Waals surface area contributed by atoms with Gasteiger partial charge in [-0.3, -0.25) is 0 Å². The van der Waals surface area contributed by atoms with Crippen molar-refractivity contribution < 1.29 is 14.6 Å². The zero-order valence-corrected chi connectivity index (χ0v) is 13.5. The molecule has 1 fully saturated rings. The summed E-state index contributed by atoms with van der Waals surface area (Å²) in [5.74, 6) is 0.116. The molecular weight excluding hydrogens is 256 g/mol. The van der Waals surface area contributed by atoms with Crippen molar-refractivity contribution in [2.45, 2.75) is 52.7 Å². The highest BCUT2D eigenvalue weighted by molar-refractivity contribution is 5.67. The van der Waals surface area contributed by atoms with Gasteiger partial charge in [-0.1, -0.05) is 27.7 Å². The molecular formula is C15H30N2O3. The lowest BCUT2D eigenvalue weighted by Crippen LogP contribution is -2.54. The van der Waals surface area contributed by atoms with Crippen LogP contribution >= 0.6 is 0 Å². The zero-order valence-electron chi connectivity index (χ0n) is 13.5. The van der Waals surface area contributed by atoms with Crippen molar-refractivity contribution in [1.29, 1.82) is 0 Å². The largest absolute Gasteiger partial charge is 0.453 e. The average Bonchev–Trinajstić information content (AvgIpc) is 2.42. The molecule has 2 N–H and O–H groups in total. The van der Waals surface area contributed by atoms with Gasteiger partial charge in [-0.15, -0.1) is 0 Å². The van der Waals surface area contributed by atoms with Crippen molar-refractivity contribution in [3.63, 3.8) is 0 Å². The summed E-state index contributed by atoms with van der Waals surface area (Å²) in [6.45, 7) is 10.6. The van der Waals surface area contributed by atoms with Gasteiger partial charge in [0.25, 0.3) is 0 Å². The summed E-state index contributed by atoms with van der Waals surface area (Å²) in [5.41, 5.74) is 0.201. The molecule has 3 atom stereocenters. The molecule has 0 bridgehead atoms. The summed E-state index contributed by atoms with van der Waals surface area (Å²) in [5, 5.41) is 13.6. The van der Waals surface area contributed by atoms with Gasteiger partial charge in [0.05, 0.1) is 13.2 Å². The maximum Gasteiger partial charge on any atom is 0.409 e. The smallest absolute Gasteiger partial charge is 0.409 e. The van der Waals surface area contributed by atoms with Crippen LogP contribution in [-0.2, 0) is 4.74 Å². The molecule has 5 heteroatoms. The third-order valence-corrected chi connectivity index (χ3v) is 3.80. The van der Waals surface area contributed by atoms with Gasteiger partial charge < -0.3 is 20.1 Å². The summed E-state index contributed by atoms with van der Waals surface area (Å²) < 4.78 is 4.82. The van der Waals surface area contributed by atoms with E-state index in [1.807, 2.05) is 6.92 Å². The lowest BCUT2D eigenvalue weighted by molar-refractivity contribution is 0.0316. The number of rotatable bonds is 4. The topological polar surface area (TPSA) is 61.8 Å². The number of ether oxygens (including phenoxy) is 1. The highest BCUT2D eigenvalue weighted by atomic mass is 16.5. The van der Waals surface area contributed by atoms with Gasteiger partial charge in [0.1, 0.15) is 0 Å². The summed E-state index contributed by atoms with van der Waals surface area (Å²) >= 11 is 0. The van der Waals surface area contributed by atoms with Crippen molar-refractivity contribution in [1.82, 2.24) is 10.2 Å². The number of carbonyl (C=O) groups excluding carboxylic acids is 1. The van der Waals surface area contributed by atoms with Gasteiger partial charge in [-0.05, 0) is 18.3 Å². The predicted molar refractivity (Wildman–Crippen MR) is 79.6 cm³/mol. The lowest BCUT2D eigenvalue weighted by atomic mass is 9.87. The predicted octanol–water partition coefficient (Wildman–Crippen LogP) is 1.85. The highest BCUT2D eigenvalue weighted by Crippen LogP contribution is 2.23. The molecule has 118 valence electrons. The minimum atomic E-state index is -0.360. The minimum Gasteiger partial charge on any atom is -0.453 e. The average molecular weight is 286 g/mol. The molecule has 5 nitrogen and oxygen atoms in total. The summed E-state index contributed by atoms with van der Waals surface area (Å²) in [7, 11) is 1.40. The molecule has 1 aliphatic heterocycles. The molecule has 0 aromatic rings. The first-order valence-corrected chi connectivity index (χ1v) is 7.51. The van der Waals surface area contributed by atoms with Gasteiger partial charge >= 0.3 is 6.09 Å². The van der Waals surface area contributed by atoms with Crippen LogP contribution in [-0.4, -0.2) is 55.0 Å². The van der Waals surface area contributed by atoms with Crippen LogP contribution in [0.15, 0.2) is 0 Å². The summed E-state index contributed by atoms with van der Waals surface area (Å²) in [4.78, 5) is 13.5. The first-order valence-electron chi connectivity index (χ1n) is 7.51. The Morgan fingerprint density at radius 3 is 2.60 bits per heavy atom. The molecule has 0 aliphatic carbocycles. The van der Waals surface area contributed by atoms with E-state index in [1.165, 1.54) is 7.11 Å². The number of carbonyl (C=O) groups is 1. The number of piperidine rings is 1. The fraction of sp³-hybridized carbons (Fsp3) is 0.933. The molecule has 0 saturated carbocycles. The van der Waals surface area contributed by atoms with Gasteiger partial charge in [-0.25, -0.2) is 4.79 Å². The van der Waals surface area contributed by atoms with E-state index in [1.54, 1.807) is 4.90 Å². The highest BCUT2D eigenvalue weighted by Gasteiger charge is 2.33. The summed E-state index contributed by atoms with van der Waals surface area (Å²) in [6, 6.07) is 0.216. The monoisotopic (exact) mass is 286 g/mol. The maximum atomic E-state index is 11.8. The number of hydrogen-bond donors (Lipinski definition) is 2. The van der Waals surface area contributed by atoms with Crippen molar-refractivity contribution in [3.05, 3.63) is 0 Å². The van der Waals surface area contributed by atoms with Crippen LogP contribution in [0.2, 0.25) is 0 Å². The first-order chi connectivity index (χ1) is 9.26. The Bertz CT molecular complexity index is 315. The second kappa shape index (κ2) is 7.27. The third kappa shape index (κ3) is 5.29. The normalized spacial score (nSPS) is 25.4. The van der Waals surface area contributed by atoms with Crippen LogP contribution in [0.4, 0.5) is 4.79 Å². The molecule has 1 saturated heterocycles. The number of hydrogen-bond acceptors (Lipinski definition) is 4. The van der Waals surface area contributed by atoms with Gasteiger partial charge in [0.15, 0.2) is 0 Å². The molecule has 1 amide bonds. The van der Waals surface area contributed by atoms with E-state index >= 15 is 0 Å². The number of amides is 1. The Hall–Kier alpha value is -0.810. The van der Waals surface area contributed by atoms with E-state index in [4.69, 9.17) is 4.74 Å². The summed E-state index contributed by atoms with van der Waals surface area (Å²) in [6.07, 6.45) is 0.950. The molecule has 3 unspecified atom stereocenters. The van der Waals surface area contributed by atoms with E-state index in [-0.39, 0.29) is 29.6 Å². The first kappa shape index (κ1) is 17.2. The number of methoxy groups -OCH3 is 1. The van der Waals surface area contributed by atoms with Crippen molar-refractivity contribution in [2.24, 2.45) is 11.3 Å². The van der Waals surface area contributed by atoms with Crippen molar-refractivity contribution >= 4 is 6.09 Å². The van der Waals surface area contributed by atoms with Crippen LogP contribution in [0.3, 0.4) is 0 Å².